The van der Waals surface area contributed by atoms with Crippen LogP contribution in [0.3, 0.4) is 0 Å². The lowest BCUT2D eigenvalue weighted by atomic mass is 9.98. The van der Waals surface area contributed by atoms with Gasteiger partial charge in [-0.2, -0.15) is 13.2 Å². The fraction of sp³-hybridized carbons (Fsp3) is 0.333. The Labute approximate surface area is 134 Å². The zero-order valence-electron chi connectivity index (χ0n) is 13.4. The van der Waals surface area contributed by atoms with Gasteiger partial charge in [0, 0.05) is 5.69 Å². The van der Waals surface area contributed by atoms with Gasteiger partial charge in [-0.25, -0.2) is 0 Å². The smallest absolute Gasteiger partial charge is 0.418 e. The van der Waals surface area contributed by atoms with Crippen LogP contribution in [0.25, 0.3) is 0 Å². The molecule has 0 saturated carbocycles. The summed E-state index contributed by atoms with van der Waals surface area (Å²) in [5.41, 5.74) is 7.61. The number of nitrogen functional groups attached to an aromatic ring is 1. The fourth-order valence-corrected chi connectivity index (χ4v) is 2.64. The number of hydrogen-bond acceptors (Lipinski definition) is 2. The first-order chi connectivity index (χ1) is 10.7. The molecule has 0 atom stereocenters. The van der Waals surface area contributed by atoms with Crippen LogP contribution in [0.1, 0.15) is 35.6 Å². The summed E-state index contributed by atoms with van der Waals surface area (Å²) in [7, 11) is 0. The van der Waals surface area contributed by atoms with Gasteiger partial charge < -0.3 is 10.5 Å². The summed E-state index contributed by atoms with van der Waals surface area (Å²) in [5.74, 6) is 0.645. The molecule has 2 aromatic rings. The van der Waals surface area contributed by atoms with Crippen LogP contribution in [-0.2, 0) is 12.6 Å². The van der Waals surface area contributed by atoms with E-state index >= 15 is 0 Å². The summed E-state index contributed by atoms with van der Waals surface area (Å²) < 4.78 is 44.3. The molecule has 0 aliphatic heterocycles. The number of hydrogen-bond donors (Lipinski definition) is 1. The third-order valence-electron chi connectivity index (χ3n) is 3.74. The van der Waals surface area contributed by atoms with Gasteiger partial charge in [0.25, 0.3) is 0 Å². The number of aryl methyl sites for hydroxylation is 2. The van der Waals surface area contributed by atoms with Crippen molar-refractivity contribution in [2.75, 3.05) is 5.73 Å². The Hall–Kier alpha value is -2.17. The molecule has 0 fully saturated rings. The van der Waals surface area contributed by atoms with Crippen LogP contribution in [0.15, 0.2) is 30.3 Å². The van der Waals surface area contributed by atoms with E-state index in [2.05, 4.69) is 6.92 Å². The molecule has 0 aliphatic rings. The van der Waals surface area contributed by atoms with Crippen molar-refractivity contribution in [2.24, 2.45) is 0 Å². The van der Waals surface area contributed by atoms with Crippen LogP contribution in [0, 0.1) is 13.8 Å². The fourth-order valence-electron chi connectivity index (χ4n) is 2.64. The molecule has 0 heterocycles. The van der Waals surface area contributed by atoms with Crippen molar-refractivity contribution in [3.8, 4) is 11.5 Å². The van der Waals surface area contributed by atoms with Crippen molar-refractivity contribution in [2.45, 2.75) is 39.8 Å². The maximum atomic E-state index is 12.9. The highest BCUT2D eigenvalue weighted by atomic mass is 19.4. The highest BCUT2D eigenvalue weighted by Gasteiger charge is 2.33. The Bertz CT molecular complexity index is 685. The van der Waals surface area contributed by atoms with Gasteiger partial charge in [-0.05, 0) is 67.3 Å². The second-order valence-electron chi connectivity index (χ2n) is 5.63. The molecule has 2 N–H and O–H groups in total. The highest BCUT2D eigenvalue weighted by molar-refractivity contribution is 5.53. The molecule has 0 aliphatic carbocycles. The van der Waals surface area contributed by atoms with E-state index in [0.717, 1.165) is 30.0 Å². The number of ether oxygens (including phenoxy) is 1. The van der Waals surface area contributed by atoms with Crippen molar-refractivity contribution in [1.29, 1.82) is 0 Å². The lowest BCUT2D eigenvalue weighted by Crippen LogP contribution is -2.08. The Balaban J connectivity index is 2.33. The minimum atomic E-state index is -4.50. The van der Waals surface area contributed by atoms with Crippen LogP contribution in [0.5, 0.6) is 11.5 Å². The first kappa shape index (κ1) is 17.2. The number of anilines is 1. The van der Waals surface area contributed by atoms with Crippen LogP contribution in [0.4, 0.5) is 18.9 Å². The van der Waals surface area contributed by atoms with E-state index in [1.54, 1.807) is 0 Å². The third-order valence-corrected chi connectivity index (χ3v) is 3.74. The van der Waals surface area contributed by atoms with Crippen molar-refractivity contribution in [3.05, 3.63) is 52.6 Å². The minimum Gasteiger partial charge on any atom is -0.457 e. The molecule has 2 aromatic carbocycles. The summed E-state index contributed by atoms with van der Waals surface area (Å²) in [4.78, 5) is 0. The Morgan fingerprint density at radius 3 is 2.13 bits per heavy atom. The Kier molecular flexibility index (Phi) is 4.88. The predicted octanol–water partition coefficient (Wildman–Crippen LogP) is 5.65. The van der Waals surface area contributed by atoms with Crippen molar-refractivity contribution in [3.63, 3.8) is 0 Å². The third kappa shape index (κ3) is 3.97. The molecule has 0 amide bonds. The largest absolute Gasteiger partial charge is 0.457 e. The van der Waals surface area contributed by atoms with Crippen LogP contribution >= 0.6 is 0 Å². The van der Waals surface area contributed by atoms with Crippen LogP contribution in [-0.4, -0.2) is 0 Å². The molecule has 0 saturated heterocycles. The van der Waals surface area contributed by atoms with Crippen molar-refractivity contribution < 1.29 is 17.9 Å². The van der Waals surface area contributed by atoms with Gasteiger partial charge in [0.1, 0.15) is 11.5 Å². The van der Waals surface area contributed by atoms with E-state index in [-0.39, 0.29) is 11.4 Å². The standard InChI is InChI=1S/C18H20F3NO/c1-4-5-15-11(2)8-14(9-12(15)3)23-13-6-7-17(22)16(10-13)18(19,20)21/h6-10H,4-5,22H2,1-3H3. The normalized spacial score (nSPS) is 11.6. The number of benzene rings is 2. The van der Waals surface area contributed by atoms with Crippen molar-refractivity contribution in [1.82, 2.24) is 0 Å². The lowest BCUT2D eigenvalue weighted by Gasteiger charge is -2.15. The summed E-state index contributed by atoms with van der Waals surface area (Å²) >= 11 is 0. The van der Waals surface area contributed by atoms with Crippen molar-refractivity contribution >= 4 is 5.69 Å². The quantitative estimate of drug-likeness (QED) is 0.738. The Morgan fingerprint density at radius 1 is 1.00 bits per heavy atom. The zero-order chi connectivity index (χ0) is 17.2. The van der Waals surface area contributed by atoms with Gasteiger partial charge in [0.05, 0.1) is 5.56 Å². The molecule has 2 nitrogen and oxygen atoms in total. The average Bonchev–Trinajstić information content (AvgIpc) is 2.44. The number of alkyl halides is 3. The molecule has 0 bridgehead atoms. The number of rotatable bonds is 4. The topological polar surface area (TPSA) is 35.2 Å². The first-order valence-corrected chi connectivity index (χ1v) is 7.47. The van der Waals surface area contributed by atoms with E-state index in [9.17, 15) is 13.2 Å². The van der Waals surface area contributed by atoms with Gasteiger partial charge in [-0.3, -0.25) is 0 Å². The molecule has 5 heteroatoms. The van der Waals surface area contributed by atoms with E-state index in [4.69, 9.17) is 10.5 Å². The molecule has 0 radical (unpaired) electrons. The molecular weight excluding hydrogens is 303 g/mol. The summed E-state index contributed by atoms with van der Waals surface area (Å²) in [6.07, 6.45) is -2.49. The molecular formula is C18H20F3NO. The molecule has 23 heavy (non-hydrogen) atoms. The molecule has 0 aromatic heterocycles. The SMILES string of the molecule is CCCc1c(C)cc(Oc2ccc(N)c(C(F)(F)F)c2)cc1C. The second kappa shape index (κ2) is 6.52. The average molecular weight is 323 g/mol. The highest BCUT2D eigenvalue weighted by Crippen LogP contribution is 2.37. The second-order valence-corrected chi connectivity index (χ2v) is 5.63. The van der Waals surface area contributed by atoms with Gasteiger partial charge >= 0.3 is 6.18 Å². The first-order valence-electron chi connectivity index (χ1n) is 7.47. The molecule has 2 rings (SSSR count). The maximum absolute atomic E-state index is 12.9. The number of nitrogens with two attached hydrogens (primary N) is 1. The van der Waals surface area contributed by atoms with E-state index < -0.39 is 11.7 Å². The van der Waals surface area contributed by atoms with Gasteiger partial charge in [-0.15, -0.1) is 0 Å². The number of halogens is 3. The predicted molar refractivity (Wildman–Crippen MR) is 85.8 cm³/mol. The van der Waals surface area contributed by atoms with Crippen LogP contribution in [0.2, 0.25) is 0 Å². The van der Waals surface area contributed by atoms with E-state index in [1.165, 1.54) is 17.7 Å². The van der Waals surface area contributed by atoms with Crippen LogP contribution < -0.4 is 10.5 Å². The zero-order valence-corrected chi connectivity index (χ0v) is 13.4. The molecule has 0 unspecified atom stereocenters. The monoisotopic (exact) mass is 323 g/mol. The summed E-state index contributed by atoms with van der Waals surface area (Å²) in [6.45, 7) is 6.07. The summed E-state index contributed by atoms with van der Waals surface area (Å²) in [5, 5.41) is 0. The minimum absolute atomic E-state index is 0.119. The lowest BCUT2D eigenvalue weighted by molar-refractivity contribution is -0.137. The summed E-state index contributed by atoms with van der Waals surface area (Å²) in [6, 6.07) is 7.28. The molecule has 124 valence electrons. The maximum Gasteiger partial charge on any atom is 0.418 e. The van der Waals surface area contributed by atoms with Gasteiger partial charge in [0.15, 0.2) is 0 Å². The molecule has 0 spiro atoms. The van der Waals surface area contributed by atoms with Gasteiger partial charge in [0.2, 0.25) is 0 Å². The van der Waals surface area contributed by atoms with E-state index in [0.29, 0.717) is 5.75 Å². The van der Waals surface area contributed by atoms with Gasteiger partial charge in [-0.1, -0.05) is 13.3 Å². The Morgan fingerprint density at radius 2 is 1.61 bits per heavy atom. The van der Waals surface area contributed by atoms with E-state index in [1.807, 2.05) is 26.0 Å².